The van der Waals surface area contributed by atoms with Crippen LogP contribution in [0.1, 0.15) is 12.0 Å². The summed E-state index contributed by atoms with van der Waals surface area (Å²) in [6, 6.07) is 3.20. The maximum Gasteiger partial charge on any atom is 0.241 e. The Morgan fingerprint density at radius 1 is 1.35 bits per heavy atom. The Balaban J connectivity index is 0.00000200. The van der Waals surface area contributed by atoms with E-state index in [1.807, 2.05) is 0 Å². The van der Waals surface area contributed by atoms with Crippen molar-refractivity contribution in [2.24, 2.45) is 5.73 Å². The standard InChI is InChI=1S/C11H14BrN3O3S.ClH/c12-8-5-7-1-2-11(16)15-9(7)6-10(8)19(17,18)14-4-3-13;/h5-6,14H,1-4,13H2,(H,15,16);1H. The summed E-state index contributed by atoms with van der Waals surface area (Å²) in [4.78, 5) is 11.4. The van der Waals surface area contributed by atoms with E-state index in [4.69, 9.17) is 5.73 Å². The molecule has 20 heavy (non-hydrogen) atoms. The second-order valence-corrected chi connectivity index (χ2v) is 6.76. The molecule has 1 amide bonds. The lowest BCUT2D eigenvalue weighted by Crippen LogP contribution is -2.29. The lowest BCUT2D eigenvalue weighted by molar-refractivity contribution is -0.116. The molecule has 1 aliphatic rings. The molecule has 112 valence electrons. The maximum atomic E-state index is 12.1. The van der Waals surface area contributed by atoms with Crippen LogP contribution >= 0.6 is 28.3 Å². The second kappa shape index (κ2) is 6.86. The smallest absolute Gasteiger partial charge is 0.241 e. The number of sulfonamides is 1. The number of nitrogens with two attached hydrogens (primary N) is 1. The van der Waals surface area contributed by atoms with Gasteiger partial charge in [-0.3, -0.25) is 4.79 Å². The molecule has 0 spiro atoms. The van der Waals surface area contributed by atoms with E-state index in [0.29, 0.717) is 23.0 Å². The van der Waals surface area contributed by atoms with Crippen molar-refractivity contribution in [3.63, 3.8) is 0 Å². The van der Waals surface area contributed by atoms with Crippen molar-refractivity contribution in [1.82, 2.24) is 4.72 Å². The fourth-order valence-electron chi connectivity index (χ4n) is 1.86. The first-order valence-corrected chi connectivity index (χ1v) is 8.03. The van der Waals surface area contributed by atoms with Crippen molar-refractivity contribution >= 4 is 50.0 Å². The first-order chi connectivity index (χ1) is 8.94. The Labute approximate surface area is 132 Å². The number of rotatable bonds is 4. The van der Waals surface area contributed by atoms with E-state index in [-0.39, 0.29) is 36.3 Å². The molecule has 0 saturated heterocycles. The van der Waals surface area contributed by atoms with Crippen molar-refractivity contribution in [3.8, 4) is 0 Å². The van der Waals surface area contributed by atoms with Crippen LogP contribution in [0, 0.1) is 0 Å². The molecule has 1 aromatic rings. The van der Waals surface area contributed by atoms with Crippen LogP contribution in [0.15, 0.2) is 21.5 Å². The van der Waals surface area contributed by atoms with Gasteiger partial charge in [-0.15, -0.1) is 12.4 Å². The van der Waals surface area contributed by atoms with E-state index in [0.717, 1.165) is 5.56 Å². The molecule has 1 aromatic carbocycles. The number of carbonyl (C=O) groups excluding carboxylic acids is 1. The van der Waals surface area contributed by atoms with E-state index in [2.05, 4.69) is 26.0 Å². The summed E-state index contributed by atoms with van der Waals surface area (Å²) >= 11 is 3.26. The van der Waals surface area contributed by atoms with Crippen LogP contribution in [-0.4, -0.2) is 27.4 Å². The molecule has 0 unspecified atom stereocenters. The number of hydrogen-bond donors (Lipinski definition) is 3. The molecule has 4 N–H and O–H groups in total. The maximum absolute atomic E-state index is 12.1. The third-order valence-corrected chi connectivity index (χ3v) is 5.20. The average Bonchev–Trinajstić information content (AvgIpc) is 2.36. The van der Waals surface area contributed by atoms with Crippen molar-refractivity contribution in [2.45, 2.75) is 17.7 Å². The number of amides is 1. The van der Waals surface area contributed by atoms with Gasteiger partial charge in [-0.05, 0) is 40.0 Å². The summed E-state index contributed by atoms with van der Waals surface area (Å²) in [5.41, 5.74) is 6.75. The van der Waals surface area contributed by atoms with Crippen LogP contribution in [-0.2, 0) is 21.2 Å². The topological polar surface area (TPSA) is 101 Å². The first-order valence-electron chi connectivity index (χ1n) is 5.76. The van der Waals surface area contributed by atoms with E-state index < -0.39 is 10.0 Å². The highest BCUT2D eigenvalue weighted by molar-refractivity contribution is 9.10. The highest BCUT2D eigenvalue weighted by Crippen LogP contribution is 2.31. The quantitative estimate of drug-likeness (QED) is 0.720. The number of aryl methyl sites for hydroxylation is 1. The van der Waals surface area contributed by atoms with Crippen molar-refractivity contribution in [1.29, 1.82) is 0 Å². The lowest BCUT2D eigenvalue weighted by atomic mass is 10.0. The molecule has 0 fully saturated rings. The van der Waals surface area contributed by atoms with Gasteiger partial charge in [-0.2, -0.15) is 0 Å². The molecule has 9 heteroatoms. The average molecular weight is 385 g/mol. The van der Waals surface area contributed by atoms with Gasteiger partial charge in [0.15, 0.2) is 0 Å². The molecule has 1 aliphatic heterocycles. The highest BCUT2D eigenvalue weighted by Gasteiger charge is 2.22. The summed E-state index contributed by atoms with van der Waals surface area (Å²) in [5, 5.41) is 2.68. The Bertz CT molecular complexity index is 622. The van der Waals surface area contributed by atoms with Gasteiger partial charge in [0.05, 0.1) is 4.90 Å². The van der Waals surface area contributed by atoms with E-state index in [1.54, 1.807) is 6.07 Å². The van der Waals surface area contributed by atoms with Crippen LogP contribution in [0.25, 0.3) is 0 Å². The summed E-state index contributed by atoms with van der Waals surface area (Å²) in [6.45, 7) is 0.386. The third-order valence-electron chi connectivity index (χ3n) is 2.78. The minimum atomic E-state index is -3.63. The summed E-state index contributed by atoms with van der Waals surface area (Å²) in [5.74, 6) is -0.104. The van der Waals surface area contributed by atoms with Gasteiger partial charge < -0.3 is 11.1 Å². The number of fused-ring (bicyclic) bond motifs is 1. The van der Waals surface area contributed by atoms with Crippen molar-refractivity contribution in [2.75, 3.05) is 18.4 Å². The Morgan fingerprint density at radius 2 is 2.05 bits per heavy atom. The van der Waals surface area contributed by atoms with Gasteiger partial charge in [-0.25, -0.2) is 13.1 Å². The van der Waals surface area contributed by atoms with Gasteiger partial charge in [0.25, 0.3) is 0 Å². The van der Waals surface area contributed by atoms with Crippen molar-refractivity contribution < 1.29 is 13.2 Å². The molecular weight excluding hydrogens is 370 g/mol. The second-order valence-electron chi connectivity index (χ2n) is 4.17. The largest absolute Gasteiger partial charge is 0.329 e. The minimum absolute atomic E-state index is 0. The van der Waals surface area contributed by atoms with Gasteiger partial charge >= 0.3 is 0 Å². The molecular formula is C11H15BrClN3O3S. The number of carbonyl (C=O) groups is 1. The molecule has 0 aromatic heterocycles. The summed E-state index contributed by atoms with van der Waals surface area (Å²) in [6.07, 6.45) is 1.02. The predicted octanol–water partition coefficient (Wildman–Crippen LogP) is 0.993. The Morgan fingerprint density at radius 3 is 2.70 bits per heavy atom. The fourth-order valence-corrected chi connectivity index (χ4v) is 4.02. The van der Waals surface area contributed by atoms with Crippen molar-refractivity contribution in [3.05, 3.63) is 22.2 Å². The van der Waals surface area contributed by atoms with Gasteiger partial charge in [0.1, 0.15) is 0 Å². The van der Waals surface area contributed by atoms with Gasteiger partial charge in [0, 0.05) is 29.7 Å². The van der Waals surface area contributed by atoms with E-state index in [9.17, 15) is 13.2 Å². The molecule has 2 rings (SSSR count). The Kier molecular flexibility index (Phi) is 5.96. The number of halogens is 2. The fraction of sp³-hybridized carbons (Fsp3) is 0.364. The molecule has 0 radical (unpaired) electrons. The molecule has 0 bridgehead atoms. The number of benzene rings is 1. The molecule has 0 aliphatic carbocycles. The highest BCUT2D eigenvalue weighted by atomic mass is 79.9. The molecule has 0 atom stereocenters. The predicted molar refractivity (Wildman–Crippen MR) is 82.6 cm³/mol. The number of anilines is 1. The normalized spacial score (nSPS) is 14.2. The monoisotopic (exact) mass is 383 g/mol. The Hall–Kier alpha value is -0.670. The van der Waals surface area contributed by atoms with Gasteiger partial charge in [-0.1, -0.05) is 0 Å². The summed E-state index contributed by atoms with van der Waals surface area (Å²) in [7, 11) is -3.63. The van der Waals surface area contributed by atoms with E-state index >= 15 is 0 Å². The zero-order valence-electron chi connectivity index (χ0n) is 10.5. The summed E-state index contributed by atoms with van der Waals surface area (Å²) < 4.78 is 27.0. The van der Waals surface area contributed by atoms with Crippen LogP contribution in [0.4, 0.5) is 5.69 Å². The van der Waals surface area contributed by atoms with Crippen LogP contribution < -0.4 is 15.8 Å². The molecule has 6 nitrogen and oxygen atoms in total. The molecule has 0 saturated carbocycles. The SMILES string of the molecule is Cl.NCCNS(=O)(=O)c1cc2c(cc1Br)CCC(=O)N2. The van der Waals surface area contributed by atoms with Crippen LogP contribution in [0.2, 0.25) is 0 Å². The molecule has 1 heterocycles. The van der Waals surface area contributed by atoms with Gasteiger partial charge in [0.2, 0.25) is 15.9 Å². The first kappa shape index (κ1) is 17.4. The third kappa shape index (κ3) is 3.70. The zero-order valence-corrected chi connectivity index (χ0v) is 13.7. The number of nitrogens with one attached hydrogen (secondary N) is 2. The van der Waals surface area contributed by atoms with E-state index in [1.165, 1.54) is 6.07 Å². The zero-order chi connectivity index (χ0) is 14.0. The van der Waals surface area contributed by atoms with Crippen LogP contribution in [0.3, 0.4) is 0 Å². The minimum Gasteiger partial charge on any atom is -0.329 e. The van der Waals surface area contributed by atoms with Crippen LogP contribution in [0.5, 0.6) is 0 Å². The lowest BCUT2D eigenvalue weighted by Gasteiger charge is -2.19. The number of hydrogen-bond acceptors (Lipinski definition) is 4.